The lowest BCUT2D eigenvalue weighted by Gasteiger charge is -2.09. The molecule has 2 aromatic heterocycles. The molecule has 22 heavy (non-hydrogen) atoms. The van der Waals surface area contributed by atoms with Gasteiger partial charge in [-0.1, -0.05) is 12.1 Å². The van der Waals surface area contributed by atoms with Crippen molar-refractivity contribution in [3.63, 3.8) is 0 Å². The van der Waals surface area contributed by atoms with Crippen LogP contribution in [0.4, 0.5) is 10.1 Å². The molecule has 0 aliphatic carbocycles. The molecule has 0 fully saturated rings. The molecule has 3 aromatic rings. The lowest BCUT2D eigenvalue weighted by molar-refractivity contribution is 0.570. The Morgan fingerprint density at radius 2 is 1.95 bits per heavy atom. The van der Waals surface area contributed by atoms with Gasteiger partial charge in [-0.15, -0.1) is 0 Å². The van der Waals surface area contributed by atoms with E-state index in [0.717, 1.165) is 6.07 Å². The summed E-state index contributed by atoms with van der Waals surface area (Å²) in [7, 11) is -3.99. The molecule has 8 heteroatoms. The predicted molar refractivity (Wildman–Crippen MR) is 78.6 cm³/mol. The molecule has 0 spiro atoms. The first-order valence-electron chi connectivity index (χ1n) is 6.28. The molecule has 0 saturated carbocycles. The van der Waals surface area contributed by atoms with Gasteiger partial charge < -0.3 is 0 Å². The van der Waals surface area contributed by atoms with Crippen LogP contribution in [-0.4, -0.2) is 23.0 Å². The van der Waals surface area contributed by atoms with E-state index in [1.807, 2.05) is 0 Å². The average molecular weight is 318 g/mol. The van der Waals surface area contributed by atoms with Crippen molar-refractivity contribution in [2.45, 2.75) is 4.90 Å². The number of nitrogens with one attached hydrogen (secondary N) is 1. The number of aromatic nitrogens is 3. The molecule has 1 N–H and O–H groups in total. The van der Waals surface area contributed by atoms with Gasteiger partial charge in [0.1, 0.15) is 22.9 Å². The second-order valence-electron chi connectivity index (χ2n) is 4.41. The van der Waals surface area contributed by atoms with Crippen molar-refractivity contribution < 1.29 is 12.8 Å². The molecule has 2 heterocycles. The molecule has 0 bridgehead atoms. The van der Waals surface area contributed by atoms with Crippen LogP contribution in [0.5, 0.6) is 0 Å². The van der Waals surface area contributed by atoms with Crippen LogP contribution in [0.15, 0.2) is 66.2 Å². The van der Waals surface area contributed by atoms with Crippen molar-refractivity contribution in [3.8, 4) is 5.82 Å². The summed E-state index contributed by atoms with van der Waals surface area (Å²) in [5.41, 5.74) is 0.243. The number of pyridine rings is 1. The largest absolute Gasteiger partial charge is 0.291 e. The van der Waals surface area contributed by atoms with Gasteiger partial charge in [-0.25, -0.2) is 22.8 Å². The third kappa shape index (κ3) is 2.82. The van der Waals surface area contributed by atoms with Crippen LogP contribution in [0.1, 0.15) is 0 Å². The van der Waals surface area contributed by atoms with Crippen molar-refractivity contribution in [2.24, 2.45) is 0 Å². The van der Waals surface area contributed by atoms with Crippen LogP contribution >= 0.6 is 0 Å². The van der Waals surface area contributed by atoms with Crippen LogP contribution in [0.2, 0.25) is 0 Å². The van der Waals surface area contributed by atoms with Gasteiger partial charge in [0, 0.05) is 12.4 Å². The summed E-state index contributed by atoms with van der Waals surface area (Å²) in [6.45, 7) is 0. The SMILES string of the molecule is O=S(=O)(Nc1ccc(-n2ccnc2)nc1)c1ccccc1F. The zero-order valence-electron chi connectivity index (χ0n) is 11.2. The van der Waals surface area contributed by atoms with Gasteiger partial charge in [0.2, 0.25) is 0 Å². The first-order chi connectivity index (χ1) is 10.6. The summed E-state index contributed by atoms with van der Waals surface area (Å²) >= 11 is 0. The lowest BCUT2D eigenvalue weighted by atomic mass is 10.4. The van der Waals surface area contributed by atoms with Gasteiger partial charge in [0.15, 0.2) is 0 Å². The molecule has 0 amide bonds. The van der Waals surface area contributed by atoms with E-state index in [-0.39, 0.29) is 5.69 Å². The van der Waals surface area contributed by atoms with Crippen molar-refractivity contribution in [1.82, 2.24) is 14.5 Å². The first kappa shape index (κ1) is 14.2. The second-order valence-corrected chi connectivity index (χ2v) is 6.06. The Morgan fingerprint density at radius 1 is 1.14 bits per heavy atom. The molecule has 112 valence electrons. The number of hydrogen-bond donors (Lipinski definition) is 1. The number of halogens is 1. The summed E-state index contributed by atoms with van der Waals surface area (Å²) in [4.78, 5) is 7.61. The fraction of sp³-hybridized carbons (Fsp3) is 0. The van der Waals surface area contributed by atoms with E-state index in [1.54, 1.807) is 35.4 Å². The van der Waals surface area contributed by atoms with Gasteiger partial charge >= 0.3 is 0 Å². The molecular formula is C14H11FN4O2S. The highest BCUT2D eigenvalue weighted by atomic mass is 32.2. The molecule has 0 saturated heterocycles. The summed E-state index contributed by atoms with van der Waals surface area (Å²) in [5, 5.41) is 0. The maximum Gasteiger partial charge on any atom is 0.264 e. The van der Waals surface area contributed by atoms with Crippen LogP contribution in [-0.2, 0) is 10.0 Å². The monoisotopic (exact) mass is 318 g/mol. The van der Waals surface area contributed by atoms with E-state index in [2.05, 4.69) is 14.7 Å². The Morgan fingerprint density at radius 3 is 2.59 bits per heavy atom. The third-order valence-corrected chi connectivity index (χ3v) is 4.31. The molecule has 0 aliphatic rings. The fourth-order valence-electron chi connectivity index (χ4n) is 1.87. The smallest absolute Gasteiger partial charge is 0.264 e. The molecule has 0 unspecified atom stereocenters. The summed E-state index contributed by atoms with van der Waals surface area (Å²) in [6, 6.07) is 8.34. The second kappa shape index (κ2) is 5.57. The summed E-state index contributed by atoms with van der Waals surface area (Å²) in [5.74, 6) is -0.218. The minimum Gasteiger partial charge on any atom is -0.291 e. The Bertz CT molecular complexity index is 877. The predicted octanol–water partition coefficient (Wildman–Crippen LogP) is 2.21. The van der Waals surface area contributed by atoms with E-state index in [0.29, 0.717) is 5.82 Å². The van der Waals surface area contributed by atoms with Gasteiger partial charge in [-0.05, 0) is 24.3 Å². The third-order valence-electron chi connectivity index (χ3n) is 2.90. The maximum absolute atomic E-state index is 13.6. The normalized spacial score (nSPS) is 11.3. The molecule has 1 aromatic carbocycles. The van der Waals surface area contributed by atoms with Crippen LogP contribution in [0, 0.1) is 5.82 Å². The minimum atomic E-state index is -3.99. The van der Waals surface area contributed by atoms with Gasteiger partial charge in [0.25, 0.3) is 10.0 Å². The maximum atomic E-state index is 13.6. The highest BCUT2D eigenvalue weighted by Gasteiger charge is 2.18. The van der Waals surface area contributed by atoms with Crippen LogP contribution in [0.25, 0.3) is 5.82 Å². The van der Waals surface area contributed by atoms with Gasteiger partial charge in [-0.3, -0.25) is 9.29 Å². The van der Waals surface area contributed by atoms with E-state index >= 15 is 0 Å². The number of nitrogens with zero attached hydrogens (tertiary/aromatic N) is 3. The minimum absolute atomic E-state index is 0.243. The van der Waals surface area contributed by atoms with Gasteiger partial charge in [0.05, 0.1) is 11.9 Å². The quantitative estimate of drug-likeness (QED) is 0.800. The highest BCUT2D eigenvalue weighted by Crippen LogP contribution is 2.18. The van der Waals surface area contributed by atoms with E-state index in [9.17, 15) is 12.8 Å². The van der Waals surface area contributed by atoms with E-state index in [1.165, 1.54) is 24.4 Å². The molecule has 0 radical (unpaired) electrons. The number of imidazole rings is 1. The molecule has 6 nitrogen and oxygen atoms in total. The Balaban J connectivity index is 1.86. The number of anilines is 1. The highest BCUT2D eigenvalue weighted by molar-refractivity contribution is 7.92. The Kier molecular flexibility index (Phi) is 3.60. The van der Waals surface area contributed by atoms with Gasteiger partial charge in [-0.2, -0.15) is 0 Å². The summed E-state index contributed by atoms with van der Waals surface area (Å²) in [6.07, 6.45) is 6.25. The van der Waals surface area contributed by atoms with Crippen LogP contribution in [0.3, 0.4) is 0 Å². The molecule has 0 aliphatic heterocycles. The molecular weight excluding hydrogens is 307 g/mol. The van der Waals surface area contributed by atoms with Crippen molar-refractivity contribution in [3.05, 3.63) is 67.1 Å². The Hall–Kier alpha value is -2.74. The Labute approximate surface area is 126 Å². The molecule has 3 rings (SSSR count). The fourth-order valence-corrected chi connectivity index (χ4v) is 2.99. The van der Waals surface area contributed by atoms with Crippen molar-refractivity contribution in [2.75, 3.05) is 4.72 Å². The number of rotatable bonds is 4. The standard InChI is InChI=1S/C14H11FN4O2S/c15-12-3-1-2-4-13(12)22(20,21)18-11-5-6-14(17-9-11)19-8-7-16-10-19/h1-10,18H. The molecule has 0 atom stereocenters. The first-order valence-corrected chi connectivity index (χ1v) is 7.76. The zero-order valence-corrected chi connectivity index (χ0v) is 12.0. The topological polar surface area (TPSA) is 76.9 Å². The van der Waals surface area contributed by atoms with Crippen molar-refractivity contribution >= 4 is 15.7 Å². The van der Waals surface area contributed by atoms with E-state index < -0.39 is 20.7 Å². The number of sulfonamides is 1. The van der Waals surface area contributed by atoms with E-state index in [4.69, 9.17) is 0 Å². The zero-order chi connectivity index (χ0) is 15.6. The summed E-state index contributed by atoms with van der Waals surface area (Å²) < 4.78 is 41.8. The van der Waals surface area contributed by atoms with Crippen LogP contribution < -0.4 is 4.72 Å². The van der Waals surface area contributed by atoms with Crippen molar-refractivity contribution in [1.29, 1.82) is 0 Å². The lowest BCUT2D eigenvalue weighted by Crippen LogP contribution is -2.14. The number of hydrogen-bond acceptors (Lipinski definition) is 4. The average Bonchev–Trinajstić information content (AvgIpc) is 3.02. The number of benzene rings is 1.